The fourth-order valence-electron chi connectivity index (χ4n) is 1.39. The molecule has 96 valence electrons. The molecule has 1 N–H and O–H groups in total. The second-order valence-electron chi connectivity index (χ2n) is 4.00. The van der Waals surface area contributed by atoms with Crippen LogP contribution in [-0.4, -0.2) is 27.0 Å². The molecule has 0 saturated heterocycles. The molecule has 0 unspecified atom stereocenters. The van der Waals surface area contributed by atoms with E-state index in [1.54, 1.807) is 0 Å². The van der Waals surface area contributed by atoms with Crippen molar-refractivity contribution in [2.75, 3.05) is 18.6 Å². The number of nitrogens with one attached hydrogen (secondary N) is 1. The fraction of sp³-hybridized carbons (Fsp3) is 0.500. The Bertz CT molecular complexity index is 444. The first-order valence-electron chi connectivity index (χ1n) is 5.56. The summed E-state index contributed by atoms with van der Waals surface area (Å²) in [6, 6.07) is 8.34. The highest BCUT2D eigenvalue weighted by Crippen LogP contribution is 2.16. The number of aryl methyl sites for hydroxylation is 1. The lowest BCUT2D eigenvalue weighted by Gasteiger charge is -2.05. The summed E-state index contributed by atoms with van der Waals surface area (Å²) in [6.07, 6.45) is 2.05. The minimum absolute atomic E-state index is 0.527. The molecular formula is C12H19NO2S2. The molecule has 0 amide bonds. The maximum atomic E-state index is 10.8. The van der Waals surface area contributed by atoms with E-state index in [2.05, 4.69) is 23.8 Å². The van der Waals surface area contributed by atoms with Gasteiger partial charge in [-0.05, 0) is 30.2 Å². The van der Waals surface area contributed by atoms with Crippen LogP contribution in [0.1, 0.15) is 17.5 Å². The van der Waals surface area contributed by atoms with E-state index in [1.807, 2.05) is 23.9 Å². The average molecular weight is 273 g/mol. The quantitative estimate of drug-likeness (QED) is 0.774. The molecule has 1 rings (SSSR count). The molecule has 0 heterocycles. The molecule has 0 aromatic heterocycles. The molecule has 3 nitrogen and oxygen atoms in total. The van der Waals surface area contributed by atoms with Gasteiger partial charge in [0.2, 0.25) is 10.0 Å². The lowest BCUT2D eigenvalue weighted by molar-refractivity contribution is 0.587. The SMILES string of the molecule is Cc1ccccc1CSCCCNS(C)(=O)=O. The van der Waals surface area contributed by atoms with Crippen molar-refractivity contribution in [2.45, 2.75) is 19.1 Å². The zero-order valence-electron chi connectivity index (χ0n) is 10.3. The molecule has 1 aromatic rings. The Labute approximate surface area is 108 Å². The van der Waals surface area contributed by atoms with Crippen molar-refractivity contribution in [2.24, 2.45) is 0 Å². The van der Waals surface area contributed by atoms with Gasteiger partial charge in [0.15, 0.2) is 0 Å². The number of thioether (sulfide) groups is 1. The van der Waals surface area contributed by atoms with Crippen molar-refractivity contribution in [1.82, 2.24) is 4.72 Å². The van der Waals surface area contributed by atoms with Crippen molar-refractivity contribution < 1.29 is 8.42 Å². The van der Waals surface area contributed by atoms with E-state index in [1.165, 1.54) is 17.4 Å². The standard InChI is InChI=1S/C12H19NO2S2/c1-11-6-3-4-7-12(11)10-16-9-5-8-13-17(2,14)15/h3-4,6-7,13H,5,8-10H2,1-2H3. The first-order valence-corrected chi connectivity index (χ1v) is 8.60. The van der Waals surface area contributed by atoms with Crippen LogP contribution in [0, 0.1) is 6.92 Å². The third-order valence-corrected chi connectivity index (χ3v) is 4.17. The predicted octanol–water partition coefficient (Wildman–Crippen LogP) is 2.17. The molecular weight excluding hydrogens is 254 g/mol. The van der Waals surface area contributed by atoms with Crippen LogP contribution >= 0.6 is 11.8 Å². The van der Waals surface area contributed by atoms with E-state index in [0.717, 1.165) is 17.9 Å². The van der Waals surface area contributed by atoms with Gasteiger partial charge in [-0.3, -0.25) is 0 Å². The summed E-state index contributed by atoms with van der Waals surface area (Å²) in [5.74, 6) is 1.96. The van der Waals surface area contributed by atoms with Crippen molar-refractivity contribution in [1.29, 1.82) is 0 Å². The van der Waals surface area contributed by atoms with Crippen LogP contribution < -0.4 is 4.72 Å². The van der Waals surface area contributed by atoms with E-state index in [0.29, 0.717) is 6.54 Å². The summed E-state index contributed by atoms with van der Waals surface area (Å²) in [6.45, 7) is 2.64. The maximum absolute atomic E-state index is 10.8. The van der Waals surface area contributed by atoms with Gasteiger partial charge in [-0.15, -0.1) is 0 Å². The third kappa shape index (κ3) is 6.71. The zero-order chi connectivity index (χ0) is 12.7. The molecule has 1 aromatic carbocycles. The minimum atomic E-state index is -3.03. The van der Waals surface area contributed by atoms with E-state index in [4.69, 9.17) is 0 Å². The summed E-state index contributed by atoms with van der Waals surface area (Å²) < 4.78 is 24.1. The van der Waals surface area contributed by atoms with Gasteiger partial charge in [0.05, 0.1) is 6.26 Å². The van der Waals surface area contributed by atoms with Crippen LogP contribution in [0.5, 0.6) is 0 Å². The number of hydrogen-bond acceptors (Lipinski definition) is 3. The Morgan fingerprint density at radius 3 is 2.65 bits per heavy atom. The summed E-state index contributed by atoms with van der Waals surface area (Å²) in [7, 11) is -3.03. The molecule has 0 aliphatic carbocycles. The highest BCUT2D eigenvalue weighted by Gasteiger charge is 2.00. The van der Waals surface area contributed by atoms with Gasteiger partial charge in [0, 0.05) is 12.3 Å². The topological polar surface area (TPSA) is 46.2 Å². The van der Waals surface area contributed by atoms with Crippen LogP contribution in [0.15, 0.2) is 24.3 Å². The number of sulfonamides is 1. The van der Waals surface area contributed by atoms with E-state index >= 15 is 0 Å². The van der Waals surface area contributed by atoms with E-state index in [-0.39, 0.29) is 0 Å². The molecule has 0 spiro atoms. The summed E-state index contributed by atoms with van der Waals surface area (Å²) in [5, 5.41) is 0. The summed E-state index contributed by atoms with van der Waals surface area (Å²) >= 11 is 1.84. The van der Waals surface area contributed by atoms with Crippen LogP contribution in [0.2, 0.25) is 0 Å². The lowest BCUT2D eigenvalue weighted by atomic mass is 10.1. The molecule has 0 saturated carbocycles. The molecule has 5 heteroatoms. The zero-order valence-corrected chi connectivity index (χ0v) is 11.9. The lowest BCUT2D eigenvalue weighted by Crippen LogP contribution is -2.23. The summed E-state index contributed by atoms with van der Waals surface area (Å²) in [5.41, 5.74) is 2.67. The Balaban J connectivity index is 2.15. The normalized spacial score (nSPS) is 11.6. The second-order valence-corrected chi connectivity index (χ2v) is 6.94. The highest BCUT2D eigenvalue weighted by atomic mass is 32.2. The Kier molecular flexibility index (Phi) is 6.02. The van der Waals surface area contributed by atoms with Gasteiger partial charge in [-0.1, -0.05) is 24.3 Å². The van der Waals surface area contributed by atoms with Gasteiger partial charge in [0.1, 0.15) is 0 Å². The fourth-order valence-corrected chi connectivity index (χ4v) is 2.94. The van der Waals surface area contributed by atoms with Crippen molar-refractivity contribution in [3.63, 3.8) is 0 Å². The van der Waals surface area contributed by atoms with Gasteiger partial charge < -0.3 is 0 Å². The molecule has 0 aliphatic heterocycles. The van der Waals surface area contributed by atoms with Crippen molar-refractivity contribution in [3.05, 3.63) is 35.4 Å². The van der Waals surface area contributed by atoms with Gasteiger partial charge in [0.25, 0.3) is 0 Å². The summed E-state index contributed by atoms with van der Waals surface area (Å²) in [4.78, 5) is 0. The van der Waals surface area contributed by atoms with Crippen LogP contribution in [0.25, 0.3) is 0 Å². The van der Waals surface area contributed by atoms with Gasteiger partial charge >= 0.3 is 0 Å². The largest absolute Gasteiger partial charge is 0.215 e. The predicted molar refractivity (Wildman–Crippen MR) is 74.8 cm³/mol. The Hall–Kier alpha value is -0.520. The van der Waals surface area contributed by atoms with Gasteiger partial charge in [-0.25, -0.2) is 13.1 Å². The maximum Gasteiger partial charge on any atom is 0.208 e. The van der Waals surface area contributed by atoms with Gasteiger partial charge in [-0.2, -0.15) is 11.8 Å². The molecule has 0 atom stereocenters. The molecule has 17 heavy (non-hydrogen) atoms. The smallest absolute Gasteiger partial charge is 0.208 e. The van der Waals surface area contributed by atoms with Crippen molar-refractivity contribution >= 4 is 21.8 Å². The molecule has 0 bridgehead atoms. The molecule has 0 radical (unpaired) electrons. The van der Waals surface area contributed by atoms with E-state index < -0.39 is 10.0 Å². The van der Waals surface area contributed by atoms with Crippen LogP contribution in [0.3, 0.4) is 0 Å². The number of hydrogen-bond donors (Lipinski definition) is 1. The number of rotatable bonds is 7. The van der Waals surface area contributed by atoms with Crippen LogP contribution in [0.4, 0.5) is 0 Å². The first kappa shape index (κ1) is 14.5. The third-order valence-electron chi connectivity index (χ3n) is 2.35. The second kappa shape index (κ2) is 7.03. The molecule has 0 aliphatic rings. The Morgan fingerprint density at radius 2 is 2.00 bits per heavy atom. The van der Waals surface area contributed by atoms with E-state index in [9.17, 15) is 8.42 Å². The first-order chi connectivity index (χ1) is 7.99. The highest BCUT2D eigenvalue weighted by molar-refractivity contribution is 7.98. The minimum Gasteiger partial charge on any atom is -0.215 e. The van der Waals surface area contributed by atoms with Crippen LogP contribution in [-0.2, 0) is 15.8 Å². The van der Waals surface area contributed by atoms with Crippen molar-refractivity contribution in [3.8, 4) is 0 Å². The monoisotopic (exact) mass is 273 g/mol. The molecule has 0 fully saturated rings. The average Bonchev–Trinajstić information content (AvgIpc) is 2.24. The number of benzene rings is 1. The Morgan fingerprint density at radius 1 is 1.29 bits per heavy atom.